The summed E-state index contributed by atoms with van der Waals surface area (Å²) in [5.74, 6) is -2.38. The van der Waals surface area contributed by atoms with Gasteiger partial charge in [0.25, 0.3) is 5.91 Å². The van der Waals surface area contributed by atoms with Crippen molar-refractivity contribution in [3.63, 3.8) is 0 Å². The molecule has 2 atom stereocenters. The number of hydrogen-bond donors (Lipinski definition) is 1. The molecule has 1 heterocycles. The molecule has 1 saturated heterocycles. The summed E-state index contributed by atoms with van der Waals surface area (Å²) in [6.07, 6.45) is 0. The van der Waals surface area contributed by atoms with E-state index in [1.165, 1.54) is 23.1 Å². The highest BCUT2D eigenvalue weighted by molar-refractivity contribution is 5.96. The molecule has 0 saturated carbocycles. The highest BCUT2D eigenvalue weighted by Gasteiger charge is 2.40. The second-order valence-electron chi connectivity index (χ2n) is 6.54. The molecule has 3 rings (SSSR count). The van der Waals surface area contributed by atoms with Crippen LogP contribution in [0.1, 0.15) is 28.8 Å². The van der Waals surface area contributed by atoms with Gasteiger partial charge in [-0.2, -0.15) is 0 Å². The fraction of sp³-hybridized carbons (Fsp3) is 0.300. The predicted molar refractivity (Wildman–Crippen MR) is 100 cm³/mol. The summed E-state index contributed by atoms with van der Waals surface area (Å²) < 4.78 is 5.24. The maximum atomic E-state index is 12.9. The number of hydrogen-bond acceptors (Lipinski definition) is 5. The van der Waals surface area contributed by atoms with Gasteiger partial charge in [-0.05, 0) is 24.6 Å². The van der Waals surface area contributed by atoms with Crippen molar-refractivity contribution in [2.45, 2.75) is 12.8 Å². The molecule has 1 aliphatic heterocycles. The maximum Gasteiger partial charge on any atom is 0.311 e. The highest BCUT2D eigenvalue weighted by Crippen LogP contribution is 2.35. The van der Waals surface area contributed by atoms with Gasteiger partial charge < -0.3 is 14.7 Å². The molecular weight excluding hydrogens is 364 g/mol. The van der Waals surface area contributed by atoms with Crippen molar-refractivity contribution in [3.05, 3.63) is 69.8 Å². The number of benzene rings is 2. The smallest absolute Gasteiger partial charge is 0.311 e. The minimum atomic E-state index is -0.971. The van der Waals surface area contributed by atoms with Crippen LogP contribution in [-0.4, -0.2) is 46.5 Å². The first-order valence-corrected chi connectivity index (χ1v) is 8.90. The Labute approximate surface area is 161 Å². The third-order valence-electron chi connectivity index (χ3n) is 4.85. The Morgan fingerprint density at radius 2 is 1.93 bits per heavy atom. The number of carboxylic acid groups (broad SMARTS) is 1. The molecule has 1 N–H and O–H groups in total. The van der Waals surface area contributed by atoms with E-state index in [0.717, 1.165) is 5.56 Å². The Hall–Kier alpha value is -3.42. The molecule has 1 aliphatic rings. The van der Waals surface area contributed by atoms with E-state index in [4.69, 9.17) is 4.74 Å². The van der Waals surface area contributed by atoms with E-state index >= 15 is 0 Å². The number of carbonyl (C=O) groups is 2. The molecule has 0 radical (unpaired) electrons. The lowest BCUT2D eigenvalue weighted by molar-refractivity contribution is -0.385. The van der Waals surface area contributed by atoms with Gasteiger partial charge in [-0.15, -0.1) is 0 Å². The van der Waals surface area contributed by atoms with Crippen LogP contribution < -0.4 is 4.74 Å². The van der Waals surface area contributed by atoms with Crippen molar-refractivity contribution in [1.82, 2.24) is 4.90 Å². The summed E-state index contributed by atoms with van der Waals surface area (Å²) in [5, 5.41) is 20.9. The minimum absolute atomic E-state index is 0.0503. The fourth-order valence-electron chi connectivity index (χ4n) is 3.51. The average Bonchev–Trinajstić information content (AvgIpc) is 3.14. The number of amides is 1. The van der Waals surface area contributed by atoms with Gasteiger partial charge in [-0.3, -0.25) is 19.7 Å². The van der Waals surface area contributed by atoms with Gasteiger partial charge in [-0.1, -0.05) is 30.3 Å². The second-order valence-corrected chi connectivity index (χ2v) is 6.54. The number of nitro benzene ring substituents is 1. The van der Waals surface area contributed by atoms with Crippen molar-refractivity contribution in [1.29, 1.82) is 0 Å². The molecular formula is C20H20N2O6. The van der Waals surface area contributed by atoms with Crippen LogP contribution in [0.15, 0.2) is 48.5 Å². The molecule has 8 heteroatoms. The van der Waals surface area contributed by atoms with Crippen molar-refractivity contribution in [2.24, 2.45) is 5.92 Å². The summed E-state index contributed by atoms with van der Waals surface area (Å²) in [4.78, 5) is 36.7. The molecule has 0 spiro atoms. The van der Waals surface area contributed by atoms with E-state index in [-0.39, 0.29) is 42.6 Å². The first-order chi connectivity index (χ1) is 13.4. The Bertz CT molecular complexity index is 899. The van der Waals surface area contributed by atoms with Crippen LogP contribution >= 0.6 is 0 Å². The summed E-state index contributed by atoms with van der Waals surface area (Å²) in [6.45, 7) is 2.26. The lowest BCUT2D eigenvalue weighted by atomic mass is 9.89. The van der Waals surface area contributed by atoms with Crippen LogP contribution in [0.3, 0.4) is 0 Å². The van der Waals surface area contributed by atoms with E-state index < -0.39 is 22.7 Å². The van der Waals surface area contributed by atoms with Gasteiger partial charge in [0.05, 0.1) is 17.4 Å². The standard InChI is InChI=1S/C20H20N2O6/c1-2-28-18-9-8-14(10-17(18)22(26)27)19(23)21-11-15(16(12-21)20(24)25)13-6-4-3-5-7-13/h3-10,15-16H,2,11-12H2,1H3,(H,24,25)/t15-,16-/m0/s1. The minimum Gasteiger partial charge on any atom is -0.487 e. The van der Waals surface area contributed by atoms with Crippen LogP contribution in [0.2, 0.25) is 0 Å². The number of nitro groups is 1. The lowest BCUT2D eigenvalue weighted by Crippen LogP contribution is -2.30. The maximum absolute atomic E-state index is 12.9. The Balaban J connectivity index is 1.87. The topological polar surface area (TPSA) is 110 Å². The number of aliphatic carboxylic acids is 1. The number of nitrogens with zero attached hydrogens (tertiary/aromatic N) is 2. The predicted octanol–water partition coefficient (Wildman–Crippen LogP) is 2.93. The van der Waals surface area contributed by atoms with Gasteiger partial charge in [0.2, 0.25) is 0 Å². The van der Waals surface area contributed by atoms with E-state index in [1.54, 1.807) is 6.92 Å². The Morgan fingerprint density at radius 3 is 2.54 bits per heavy atom. The average molecular weight is 384 g/mol. The summed E-state index contributed by atoms with van der Waals surface area (Å²) in [5.41, 5.74) is 0.692. The molecule has 2 aromatic rings. The highest BCUT2D eigenvalue weighted by atomic mass is 16.6. The molecule has 2 aromatic carbocycles. The van der Waals surface area contributed by atoms with Crippen LogP contribution in [0, 0.1) is 16.0 Å². The molecule has 0 aliphatic carbocycles. The zero-order valence-corrected chi connectivity index (χ0v) is 15.3. The molecule has 0 unspecified atom stereocenters. The largest absolute Gasteiger partial charge is 0.487 e. The molecule has 8 nitrogen and oxygen atoms in total. The monoisotopic (exact) mass is 384 g/mol. The zero-order valence-electron chi connectivity index (χ0n) is 15.3. The lowest BCUT2D eigenvalue weighted by Gasteiger charge is -2.17. The zero-order chi connectivity index (χ0) is 20.3. The summed E-state index contributed by atoms with van der Waals surface area (Å²) >= 11 is 0. The van der Waals surface area contributed by atoms with Crippen LogP contribution in [0.25, 0.3) is 0 Å². The van der Waals surface area contributed by atoms with Crippen LogP contribution in [0.5, 0.6) is 5.75 Å². The Morgan fingerprint density at radius 1 is 1.21 bits per heavy atom. The van der Waals surface area contributed by atoms with Crippen molar-refractivity contribution >= 4 is 17.6 Å². The normalized spacial score (nSPS) is 18.7. The quantitative estimate of drug-likeness (QED) is 0.606. The third-order valence-corrected chi connectivity index (χ3v) is 4.85. The third kappa shape index (κ3) is 3.80. The van der Waals surface area contributed by atoms with Gasteiger partial charge in [0.15, 0.2) is 5.75 Å². The van der Waals surface area contributed by atoms with E-state index in [1.807, 2.05) is 30.3 Å². The van der Waals surface area contributed by atoms with Gasteiger partial charge >= 0.3 is 11.7 Å². The van der Waals surface area contributed by atoms with Gasteiger partial charge in [0, 0.05) is 30.6 Å². The fourth-order valence-corrected chi connectivity index (χ4v) is 3.51. The molecule has 28 heavy (non-hydrogen) atoms. The van der Waals surface area contributed by atoms with Crippen LogP contribution in [0.4, 0.5) is 5.69 Å². The van der Waals surface area contributed by atoms with Crippen molar-refractivity contribution < 1.29 is 24.4 Å². The second kappa shape index (κ2) is 8.08. The number of carbonyl (C=O) groups excluding carboxylic acids is 1. The van der Waals surface area contributed by atoms with Crippen molar-refractivity contribution in [2.75, 3.05) is 19.7 Å². The summed E-state index contributed by atoms with van der Waals surface area (Å²) in [6, 6.07) is 13.2. The molecule has 1 fully saturated rings. The molecule has 1 amide bonds. The first kappa shape index (κ1) is 19.3. The SMILES string of the molecule is CCOc1ccc(C(=O)N2C[C@H](C(=O)O)[C@H](c3ccccc3)C2)cc1[N+](=O)[O-]. The van der Waals surface area contributed by atoms with Crippen LogP contribution in [-0.2, 0) is 4.79 Å². The number of rotatable bonds is 6. The van der Waals surface area contributed by atoms with E-state index in [2.05, 4.69) is 0 Å². The van der Waals surface area contributed by atoms with Gasteiger partial charge in [0.1, 0.15) is 0 Å². The van der Waals surface area contributed by atoms with E-state index in [0.29, 0.717) is 0 Å². The summed E-state index contributed by atoms with van der Waals surface area (Å²) in [7, 11) is 0. The van der Waals surface area contributed by atoms with E-state index in [9.17, 15) is 24.8 Å². The Kier molecular flexibility index (Phi) is 5.58. The molecule has 0 bridgehead atoms. The van der Waals surface area contributed by atoms with Crippen molar-refractivity contribution in [3.8, 4) is 5.75 Å². The van der Waals surface area contributed by atoms with Gasteiger partial charge in [-0.25, -0.2) is 0 Å². The molecule has 0 aromatic heterocycles. The molecule has 146 valence electrons. The number of likely N-dealkylation sites (tertiary alicyclic amines) is 1. The number of ether oxygens (including phenoxy) is 1. The number of carboxylic acids is 1. The first-order valence-electron chi connectivity index (χ1n) is 8.90.